The predicted octanol–water partition coefficient (Wildman–Crippen LogP) is 5.84. The molecule has 2 aromatic carbocycles. The summed E-state index contributed by atoms with van der Waals surface area (Å²) in [5, 5.41) is 9.91. The first-order valence-electron chi connectivity index (χ1n) is 11.5. The molecule has 0 bridgehead atoms. The van der Waals surface area contributed by atoms with Crippen LogP contribution in [0.2, 0.25) is 10.0 Å². The molecule has 8 nitrogen and oxygen atoms in total. The van der Waals surface area contributed by atoms with Crippen LogP contribution in [0.5, 0.6) is 5.75 Å². The zero-order valence-electron chi connectivity index (χ0n) is 20.7. The summed E-state index contributed by atoms with van der Waals surface area (Å²) >= 11 is 13.2. The molecule has 36 heavy (non-hydrogen) atoms. The average Bonchev–Trinajstić information content (AvgIpc) is 2.81. The van der Waals surface area contributed by atoms with E-state index in [1.807, 2.05) is 6.07 Å². The second kappa shape index (κ2) is 10.0. The number of benzene rings is 2. The van der Waals surface area contributed by atoms with Crippen molar-refractivity contribution in [1.82, 2.24) is 15.3 Å². The van der Waals surface area contributed by atoms with Crippen LogP contribution in [0.3, 0.4) is 0 Å². The Morgan fingerprint density at radius 1 is 1.14 bits per heavy atom. The first-order valence-corrected chi connectivity index (χ1v) is 13.8. The van der Waals surface area contributed by atoms with Gasteiger partial charge in [-0.25, -0.2) is 13.4 Å². The first-order chi connectivity index (χ1) is 17.0. The summed E-state index contributed by atoms with van der Waals surface area (Å²) in [6.07, 6.45) is 2.25. The lowest BCUT2D eigenvalue weighted by molar-refractivity contribution is 0.375. The highest BCUT2D eigenvalue weighted by Crippen LogP contribution is 2.44. The number of fused-ring (bicyclic) bond motifs is 1. The fourth-order valence-corrected chi connectivity index (χ4v) is 6.16. The lowest BCUT2D eigenvalue weighted by atomic mass is 9.84. The fourth-order valence-electron chi connectivity index (χ4n) is 4.28. The van der Waals surface area contributed by atoms with Gasteiger partial charge in [-0.2, -0.15) is 4.98 Å². The number of hydrogen-bond donors (Lipinski definition) is 3. The van der Waals surface area contributed by atoms with E-state index in [-0.39, 0.29) is 27.2 Å². The summed E-state index contributed by atoms with van der Waals surface area (Å²) in [4.78, 5) is 8.97. The van der Waals surface area contributed by atoms with Gasteiger partial charge in [-0.15, -0.1) is 0 Å². The van der Waals surface area contributed by atoms with E-state index in [1.54, 1.807) is 45.2 Å². The summed E-state index contributed by atoms with van der Waals surface area (Å²) in [6, 6.07) is 8.65. The molecular weight excluding hydrogens is 521 g/mol. The topological polar surface area (TPSA) is 105 Å². The van der Waals surface area contributed by atoms with Gasteiger partial charge in [-0.1, -0.05) is 35.3 Å². The van der Waals surface area contributed by atoms with Gasteiger partial charge >= 0.3 is 0 Å². The third kappa shape index (κ3) is 4.98. The number of halogens is 2. The van der Waals surface area contributed by atoms with E-state index >= 15 is 0 Å². The monoisotopic (exact) mass is 549 g/mol. The molecule has 192 valence electrons. The van der Waals surface area contributed by atoms with E-state index in [0.29, 0.717) is 22.1 Å². The van der Waals surface area contributed by atoms with E-state index in [2.05, 4.69) is 39.8 Å². The molecule has 0 aliphatic carbocycles. The largest absolute Gasteiger partial charge is 0.493 e. The number of methoxy groups -OCH3 is 1. The molecule has 4 rings (SSSR count). The zero-order chi connectivity index (χ0) is 26.3. The predicted molar refractivity (Wildman–Crippen MR) is 145 cm³/mol. The van der Waals surface area contributed by atoms with Crippen molar-refractivity contribution in [2.24, 2.45) is 0 Å². The van der Waals surface area contributed by atoms with E-state index < -0.39 is 15.1 Å². The third-order valence-electron chi connectivity index (χ3n) is 6.15. The highest BCUT2D eigenvalue weighted by atomic mass is 35.5. The minimum absolute atomic E-state index is 0.170. The SMILES string of the molecule is COc1c(Nc2ncc(Cl)c(Nc3ccccc3S(=O)(=O)C(C)C)n2)cc2c(c1Cl)C(C)(C)NCC2. The second-order valence-electron chi connectivity index (χ2n) is 9.34. The van der Waals surface area contributed by atoms with Crippen LogP contribution in [0.1, 0.15) is 38.8 Å². The molecule has 0 radical (unpaired) electrons. The van der Waals surface area contributed by atoms with Crippen molar-refractivity contribution in [3.8, 4) is 5.75 Å². The molecule has 1 aliphatic rings. The highest BCUT2D eigenvalue weighted by molar-refractivity contribution is 7.92. The number of anilines is 4. The Bertz CT molecular complexity index is 1410. The van der Waals surface area contributed by atoms with Gasteiger partial charge in [0.2, 0.25) is 5.95 Å². The summed E-state index contributed by atoms with van der Waals surface area (Å²) in [6.45, 7) is 8.27. The normalized spacial score (nSPS) is 14.9. The Balaban J connectivity index is 1.71. The fraction of sp³-hybridized carbons (Fsp3) is 0.360. The standard InChI is InChI=1S/C25H29Cl2N5O3S/c1-14(2)36(33,34)19-9-7-6-8-17(19)30-23-16(26)13-28-24(32-23)31-18-12-15-10-11-29-25(3,4)20(15)21(27)22(18)35-5/h6-9,12-14,29H,10-11H2,1-5H3,(H2,28,30,31,32). The number of ether oxygens (including phenoxy) is 1. The number of rotatable bonds is 7. The molecular formula is C25H29Cl2N5O3S. The Labute approximate surface area is 221 Å². The maximum atomic E-state index is 12.9. The molecule has 0 spiro atoms. The van der Waals surface area contributed by atoms with Crippen LogP contribution in [0, 0.1) is 0 Å². The van der Waals surface area contributed by atoms with E-state index in [9.17, 15) is 8.42 Å². The smallest absolute Gasteiger partial charge is 0.229 e. The Morgan fingerprint density at radius 3 is 2.56 bits per heavy atom. The van der Waals surface area contributed by atoms with E-state index in [0.717, 1.165) is 24.1 Å². The molecule has 3 N–H and O–H groups in total. The maximum absolute atomic E-state index is 12.9. The summed E-state index contributed by atoms with van der Waals surface area (Å²) in [5.41, 5.74) is 2.80. The van der Waals surface area contributed by atoms with Crippen LogP contribution in [0.15, 0.2) is 41.4 Å². The van der Waals surface area contributed by atoms with Gasteiger partial charge in [0, 0.05) is 5.54 Å². The lowest BCUT2D eigenvalue weighted by Crippen LogP contribution is -2.42. The number of nitrogens with one attached hydrogen (secondary N) is 3. The minimum Gasteiger partial charge on any atom is -0.493 e. The van der Waals surface area contributed by atoms with Gasteiger partial charge < -0.3 is 20.7 Å². The Kier molecular flexibility index (Phi) is 7.39. The molecule has 1 aromatic heterocycles. The average molecular weight is 551 g/mol. The van der Waals surface area contributed by atoms with Crippen molar-refractivity contribution in [1.29, 1.82) is 0 Å². The van der Waals surface area contributed by atoms with Crippen molar-refractivity contribution in [3.63, 3.8) is 0 Å². The lowest BCUT2D eigenvalue weighted by Gasteiger charge is -2.35. The van der Waals surface area contributed by atoms with Crippen molar-refractivity contribution < 1.29 is 13.2 Å². The molecule has 0 atom stereocenters. The van der Waals surface area contributed by atoms with Crippen LogP contribution in [-0.4, -0.2) is 37.3 Å². The first kappa shape index (κ1) is 26.5. The van der Waals surface area contributed by atoms with Crippen LogP contribution < -0.4 is 20.7 Å². The van der Waals surface area contributed by atoms with Crippen molar-refractivity contribution in [2.45, 2.75) is 49.8 Å². The highest BCUT2D eigenvalue weighted by Gasteiger charge is 2.32. The molecule has 0 saturated heterocycles. The van der Waals surface area contributed by atoms with Gasteiger partial charge in [0.25, 0.3) is 0 Å². The number of aromatic nitrogens is 2. The molecule has 0 fully saturated rings. The Morgan fingerprint density at radius 2 is 1.86 bits per heavy atom. The number of hydrogen-bond acceptors (Lipinski definition) is 8. The molecule has 3 aromatic rings. The van der Waals surface area contributed by atoms with Crippen LogP contribution >= 0.6 is 23.2 Å². The third-order valence-corrected chi connectivity index (χ3v) is 9.00. The van der Waals surface area contributed by atoms with E-state index in [4.69, 9.17) is 27.9 Å². The molecule has 1 aliphatic heterocycles. The van der Waals surface area contributed by atoms with Crippen molar-refractivity contribution >= 4 is 56.2 Å². The molecule has 11 heteroatoms. The molecule has 0 unspecified atom stereocenters. The van der Waals surface area contributed by atoms with Crippen molar-refractivity contribution in [2.75, 3.05) is 24.3 Å². The number of para-hydroxylation sites is 1. The van der Waals surface area contributed by atoms with Crippen LogP contribution in [-0.2, 0) is 21.8 Å². The summed E-state index contributed by atoms with van der Waals surface area (Å²) < 4.78 is 31.4. The summed E-state index contributed by atoms with van der Waals surface area (Å²) in [7, 11) is -1.97. The minimum atomic E-state index is -3.53. The van der Waals surface area contributed by atoms with Crippen LogP contribution in [0.4, 0.5) is 23.1 Å². The van der Waals surface area contributed by atoms with Gasteiger partial charge in [-0.3, -0.25) is 0 Å². The van der Waals surface area contributed by atoms with E-state index in [1.165, 1.54) is 6.20 Å². The maximum Gasteiger partial charge on any atom is 0.229 e. The second-order valence-corrected chi connectivity index (χ2v) is 12.6. The van der Waals surface area contributed by atoms with Gasteiger partial charge in [0.05, 0.1) is 39.8 Å². The zero-order valence-corrected chi connectivity index (χ0v) is 23.1. The Hall–Kier alpha value is -2.59. The molecule has 0 saturated carbocycles. The van der Waals surface area contributed by atoms with Gasteiger partial charge in [0.15, 0.2) is 21.4 Å². The van der Waals surface area contributed by atoms with Crippen molar-refractivity contribution in [3.05, 3.63) is 57.7 Å². The molecule has 0 amide bonds. The van der Waals surface area contributed by atoms with Crippen LogP contribution in [0.25, 0.3) is 0 Å². The number of nitrogens with zero attached hydrogens (tertiary/aromatic N) is 2. The molecule has 2 heterocycles. The summed E-state index contributed by atoms with van der Waals surface area (Å²) in [5.74, 6) is 0.983. The quantitative estimate of drug-likeness (QED) is 0.337. The van der Waals surface area contributed by atoms with Gasteiger partial charge in [0.1, 0.15) is 5.02 Å². The number of sulfone groups is 1. The van der Waals surface area contributed by atoms with Gasteiger partial charge in [-0.05, 0) is 70.0 Å².